The van der Waals surface area contributed by atoms with Crippen LogP contribution in [-0.4, -0.2) is 49.9 Å². The van der Waals surface area contributed by atoms with Crippen molar-refractivity contribution < 1.29 is 18.7 Å². The number of morpholine rings is 1. The maximum absolute atomic E-state index is 12.9. The summed E-state index contributed by atoms with van der Waals surface area (Å²) in [6.45, 7) is 3.46. The number of benzene rings is 2. The van der Waals surface area contributed by atoms with E-state index in [1.807, 2.05) is 23.1 Å². The van der Waals surface area contributed by atoms with Crippen molar-refractivity contribution in [2.75, 3.05) is 32.8 Å². The van der Waals surface area contributed by atoms with Crippen LogP contribution in [0.5, 0.6) is 5.75 Å². The molecule has 1 saturated heterocycles. The van der Waals surface area contributed by atoms with E-state index < -0.39 is 0 Å². The first-order chi connectivity index (χ1) is 13.6. The minimum atomic E-state index is -0.273. The van der Waals surface area contributed by atoms with Gasteiger partial charge in [-0.05, 0) is 57.4 Å². The van der Waals surface area contributed by atoms with Crippen LogP contribution in [0, 0.1) is 5.82 Å². The molecule has 148 valence electrons. The first kappa shape index (κ1) is 20.4. The van der Waals surface area contributed by atoms with E-state index in [0.717, 1.165) is 28.7 Å². The number of hydrogen-bond donors (Lipinski definition) is 1. The monoisotopic (exact) mass is 449 g/mol. The van der Waals surface area contributed by atoms with Crippen LogP contribution in [0.4, 0.5) is 4.39 Å². The number of nitrogens with zero attached hydrogens (tertiary/aromatic N) is 2. The topological polar surface area (TPSA) is 63.2 Å². The van der Waals surface area contributed by atoms with Crippen LogP contribution in [-0.2, 0) is 16.1 Å². The second-order valence-electron chi connectivity index (χ2n) is 6.29. The number of carbonyl (C=O) groups excluding carboxylic acids is 1. The summed E-state index contributed by atoms with van der Waals surface area (Å²) in [5, 5.41) is 4.00. The molecule has 28 heavy (non-hydrogen) atoms. The highest BCUT2D eigenvalue weighted by molar-refractivity contribution is 9.10. The van der Waals surface area contributed by atoms with Crippen molar-refractivity contribution in [1.82, 2.24) is 10.3 Å². The summed E-state index contributed by atoms with van der Waals surface area (Å²) in [5.74, 6) is 0.236. The molecule has 2 aromatic rings. The average Bonchev–Trinajstić information content (AvgIpc) is 2.69. The van der Waals surface area contributed by atoms with Gasteiger partial charge in [0, 0.05) is 13.1 Å². The highest BCUT2D eigenvalue weighted by atomic mass is 79.9. The summed E-state index contributed by atoms with van der Waals surface area (Å²) >= 11 is 3.47. The lowest BCUT2D eigenvalue weighted by Gasteiger charge is -2.25. The van der Waals surface area contributed by atoms with Crippen LogP contribution in [0.1, 0.15) is 11.1 Å². The Balaban J connectivity index is 1.48. The summed E-state index contributed by atoms with van der Waals surface area (Å²) in [6, 6.07) is 11.7. The largest absolute Gasteiger partial charge is 0.488 e. The van der Waals surface area contributed by atoms with Crippen molar-refractivity contribution >= 4 is 28.1 Å². The zero-order chi connectivity index (χ0) is 19.8. The third kappa shape index (κ3) is 6.40. The fourth-order valence-electron chi connectivity index (χ4n) is 2.63. The fourth-order valence-corrected chi connectivity index (χ4v) is 3.14. The lowest BCUT2D eigenvalue weighted by molar-refractivity contribution is -0.123. The van der Waals surface area contributed by atoms with Crippen molar-refractivity contribution in [3.63, 3.8) is 0 Å². The molecule has 0 aromatic heterocycles. The number of carbonyl (C=O) groups is 1. The van der Waals surface area contributed by atoms with Gasteiger partial charge in [0.15, 0.2) is 0 Å². The number of halogens is 2. The van der Waals surface area contributed by atoms with Crippen LogP contribution in [0.25, 0.3) is 0 Å². The Morgan fingerprint density at radius 3 is 2.71 bits per heavy atom. The number of hydrogen-bond acceptors (Lipinski definition) is 5. The zero-order valence-corrected chi connectivity index (χ0v) is 16.8. The zero-order valence-electron chi connectivity index (χ0n) is 15.2. The van der Waals surface area contributed by atoms with Crippen molar-refractivity contribution in [2.45, 2.75) is 6.61 Å². The predicted molar refractivity (Wildman–Crippen MR) is 108 cm³/mol. The summed E-state index contributed by atoms with van der Waals surface area (Å²) in [4.78, 5) is 13.9. The molecule has 1 fully saturated rings. The molecule has 1 aliphatic rings. The van der Waals surface area contributed by atoms with E-state index in [-0.39, 0.29) is 11.7 Å². The van der Waals surface area contributed by atoms with Crippen molar-refractivity contribution in [3.05, 3.63) is 63.9 Å². The van der Waals surface area contributed by atoms with Crippen LogP contribution in [0.2, 0.25) is 0 Å². The summed E-state index contributed by atoms with van der Waals surface area (Å²) in [7, 11) is 0. The molecule has 0 aliphatic carbocycles. The first-order valence-corrected chi connectivity index (χ1v) is 9.68. The molecule has 2 aromatic carbocycles. The lowest BCUT2D eigenvalue weighted by atomic mass is 10.2. The Morgan fingerprint density at radius 2 is 2.00 bits per heavy atom. The molecule has 0 bridgehead atoms. The van der Waals surface area contributed by atoms with E-state index >= 15 is 0 Å². The van der Waals surface area contributed by atoms with Gasteiger partial charge in [-0.2, -0.15) is 5.10 Å². The van der Waals surface area contributed by atoms with E-state index in [4.69, 9.17) is 9.47 Å². The normalized spacial score (nSPS) is 14.9. The van der Waals surface area contributed by atoms with Gasteiger partial charge in [0.05, 0.1) is 30.4 Å². The maximum atomic E-state index is 12.9. The van der Waals surface area contributed by atoms with Gasteiger partial charge in [-0.1, -0.05) is 12.1 Å². The quantitative estimate of drug-likeness (QED) is 0.521. The van der Waals surface area contributed by atoms with Crippen molar-refractivity contribution in [2.24, 2.45) is 5.10 Å². The molecule has 6 nitrogen and oxygen atoms in total. The SMILES string of the molecule is O=C(CN1CCOCC1)N/N=C\c1ccc(OCc2ccc(F)cc2)c(Br)c1. The molecule has 3 rings (SSSR count). The molecular formula is C20H21BrFN3O3. The van der Waals surface area contributed by atoms with Gasteiger partial charge < -0.3 is 9.47 Å². The summed E-state index contributed by atoms with van der Waals surface area (Å²) in [6.07, 6.45) is 1.58. The lowest BCUT2D eigenvalue weighted by Crippen LogP contribution is -2.42. The smallest absolute Gasteiger partial charge is 0.254 e. The van der Waals surface area contributed by atoms with Crippen LogP contribution >= 0.6 is 15.9 Å². The van der Waals surface area contributed by atoms with Gasteiger partial charge in [-0.3, -0.25) is 9.69 Å². The predicted octanol–water partition coefficient (Wildman–Crippen LogP) is 2.95. The Hall–Kier alpha value is -2.29. The number of ether oxygens (including phenoxy) is 2. The van der Waals surface area contributed by atoms with E-state index in [9.17, 15) is 9.18 Å². The Morgan fingerprint density at radius 1 is 1.25 bits per heavy atom. The Bertz CT molecular complexity index is 824. The second-order valence-corrected chi connectivity index (χ2v) is 7.14. The Kier molecular flexibility index (Phi) is 7.53. The number of rotatable bonds is 7. The summed E-state index contributed by atoms with van der Waals surface area (Å²) < 4.78 is 24.7. The van der Waals surface area contributed by atoms with Crippen molar-refractivity contribution in [1.29, 1.82) is 0 Å². The highest BCUT2D eigenvalue weighted by Crippen LogP contribution is 2.26. The van der Waals surface area contributed by atoms with Gasteiger partial charge >= 0.3 is 0 Å². The molecule has 1 heterocycles. The minimum Gasteiger partial charge on any atom is -0.488 e. The third-order valence-corrected chi connectivity index (χ3v) is 4.76. The van der Waals surface area contributed by atoms with Gasteiger partial charge in [0.25, 0.3) is 5.91 Å². The Labute approximate surface area is 171 Å². The van der Waals surface area contributed by atoms with E-state index in [1.165, 1.54) is 12.1 Å². The van der Waals surface area contributed by atoms with Crippen LogP contribution in [0.15, 0.2) is 52.0 Å². The van der Waals surface area contributed by atoms with E-state index in [0.29, 0.717) is 32.1 Å². The number of hydrazone groups is 1. The minimum absolute atomic E-state index is 0.156. The average molecular weight is 450 g/mol. The molecule has 1 amide bonds. The molecule has 0 radical (unpaired) electrons. The molecule has 1 aliphatic heterocycles. The molecule has 0 saturated carbocycles. The third-order valence-electron chi connectivity index (χ3n) is 4.14. The number of nitrogens with one attached hydrogen (secondary N) is 1. The van der Waals surface area contributed by atoms with E-state index in [1.54, 1.807) is 18.3 Å². The molecule has 0 spiro atoms. The van der Waals surface area contributed by atoms with Crippen LogP contribution < -0.4 is 10.2 Å². The molecule has 0 atom stereocenters. The van der Waals surface area contributed by atoms with Crippen LogP contribution in [0.3, 0.4) is 0 Å². The fraction of sp³-hybridized carbons (Fsp3) is 0.300. The first-order valence-electron chi connectivity index (χ1n) is 8.89. The highest BCUT2D eigenvalue weighted by Gasteiger charge is 2.13. The molecule has 0 unspecified atom stereocenters. The molecular weight excluding hydrogens is 429 g/mol. The standard InChI is InChI=1S/C20H21BrFN3O3/c21-18-11-16(12-23-24-20(26)13-25-7-9-27-10-8-25)3-6-19(18)28-14-15-1-4-17(22)5-2-15/h1-6,11-12H,7-10,13-14H2,(H,24,26)/b23-12-. The van der Waals surface area contributed by atoms with Gasteiger partial charge in [0.2, 0.25) is 0 Å². The molecule has 1 N–H and O–H groups in total. The van der Waals surface area contributed by atoms with E-state index in [2.05, 4.69) is 26.5 Å². The second kappa shape index (κ2) is 10.3. The van der Waals surface area contributed by atoms with Crippen molar-refractivity contribution in [3.8, 4) is 5.75 Å². The molecule has 8 heteroatoms. The summed E-state index contributed by atoms with van der Waals surface area (Å²) in [5.41, 5.74) is 4.22. The maximum Gasteiger partial charge on any atom is 0.254 e. The van der Waals surface area contributed by atoms with Gasteiger partial charge in [-0.15, -0.1) is 0 Å². The number of amides is 1. The van der Waals surface area contributed by atoms with Gasteiger partial charge in [0.1, 0.15) is 18.2 Å². The van der Waals surface area contributed by atoms with Gasteiger partial charge in [-0.25, -0.2) is 9.82 Å².